The molecule has 2 amide bonds. The van der Waals surface area contributed by atoms with Crippen molar-refractivity contribution in [3.8, 4) is 0 Å². The molecule has 2 N–H and O–H groups in total. The average molecular weight is 435 g/mol. The number of carbonyl (C=O) groups is 3. The molecule has 3 rings (SSSR count). The van der Waals surface area contributed by atoms with Crippen LogP contribution in [0, 0.1) is 10.1 Å². The van der Waals surface area contributed by atoms with Crippen LogP contribution in [0.25, 0.3) is 6.08 Å². The van der Waals surface area contributed by atoms with E-state index < -0.39 is 22.7 Å². The summed E-state index contributed by atoms with van der Waals surface area (Å²) in [4.78, 5) is 47.3. The van der Waals surface area contributed by atoms with E-state index in [0.717, 1.165) is 0 Å². The summed E-state index contributed by atoms with van der Waals surface area (Å²) in [5.41, 5.74) is 0.686. The SMILES string of the molecule is COC(=O)c1cccc(NC(=O)/C(=C\c2ccc([N+](=O)[O-])cc2)NC(=O)c2ccco2)c1. The number of ether oxygens (including phenoxy) is 1. The van der Waals surface area contributed by atoms with E-state index >= 15 is 0 Å². The molecule has 0 bridgehead atoms. The number of non-ortho nitro benzene ring substituents is 1. The molecule has 2 aromatic carbocycles. The van der Waals surface area contributed by atoms with Gasteiger partial charge in [-0.3, -0.25) is 19.7 Å². The molecule has 0 aliphatic carbocycles. The fourth-order valence-corrected chi connectivity index (χ4v) is 2.65. The lowest BCUT2D eigenvalue weighted by Crippen LogP contribution is -2.30. The number of benzene rings is 2. The van der Waals surface area contributed by atoms with Crippen molar-refractivity contribution in [3.05, 3.63) is 99.6 Å². The second-order valence-corrected chi connectivity index (χ2v) is 6.36. The highest BCUT2D eigenvalue weighted by Gasteiger charge is 2.17. The summed E-state index contributed by atoms with van der Waals surface area (Å²) in [6.45, 7) is 0. The number of hydrogen-bond donors (Lipinski definition) is 2. The molecule has 0 aliphatic rings. The van der Waals surface area contributed by atoms with Crippen molar-refractivity contribution in [3.63, 3.8) is 0 Å². The lowest BCUT2D eigenvalue weighted by Gasteiger charge is -2.11. The number of furan rings is 1. The normalized spacial score (nSPS) is 10.8. The minimum atomic E-state index is -0.690. The fraction of sp³-hybridized carbons (Fsp3) is 0.0455. The summed E-state index contributed by atoms with van der Waals surface area (Å²) >= 11 is 0. The van der Waals surface area contributed by atoms with Crippen LogP contribution < -0.4 is 10.6 Å². The topological polar surface area (TPSA) is 141 Å². The molecule has 1 heterocycles. The first-order chi connectivity index (χ1) is 15.4. The van der Waals surface area contributed by atoms with Gasteiger partial charge in [-0.1, -0.05) is 6.07 Å². The zero-order valence-corrected chi connectivity index (χ0v) is 16.7. The van der Waals surface area contributed by atoms with Gasteiger partial charge in [-0.15, -0.1) is 0 Å². The Bertz CT molecular complexity index is 1180. The number of nitro benzene ring substituents is 1. The van der Waals surface area contributed by atoms with Crippen LogP contribution in [-0.4, -0.2) is 29.8 Å². The molecule has 162 valence electrons. The minimum absolute atomic E-state index is 0.0138. The van der Waals surface area contributed by atoms with Crippen molar-refractivity contribution in [1.82, 2.24) is 5.32 Å². The van der Waals surface area contributed by atoms with E-state index in [4.69, 9.17) is 4.42 Å². The van der Waals surface area contributed by atoms with Gasteiger partial charge in [0.2, 0.25) is 0 Å². The maximum absolute atomic E-state index is 12.9. The van der Waals surface area contributed by atoms with Gasteiger partial charge < -0.3 is 19.8 Å². The molecule has 0 atom stereocenters. The van der Waals surface area contributed by atoms with E-state index in [9.17, 15) is 24.5 Å². The zero-order chi connectivity index (χ0) is 23.1. The third kappa shape index (κ3) is 5.45. The van der Waals surface area contributed by atoms with Gasteiger partial charge in [-0.05, 0) is 54.1 Å². The lowest BCUT2D eigenvalue weighted by atomic mass is 10.1. The van der Waals surface area contributed by atoms with Crippen LogP contribution in [0.2, 0.25) is 0 Å². The maximum atomic E-state index is 12.9. The maximum Gasteiger partial charge on any atom is 0.337 e. The molecule has 0 radical (unpaired) electrons. The first kappa shape index (κ1) is 22.0. The first-order valence-electron chi connectivity index (χ1n) is 9.18. The van der Waals surface area contributed by atoms with Crippen LogP contribution >= 0.6 is 0 Å². The van der Waals surface area contributed by atoms with Crippen LogP contribution in [0.4, 0.5) is 11.4 Å². The van der Waals surface area contributed by atoms with Gasteiger partial charge in [0.15, 0.2) is 5.76 Å². The molecule has 10 heteroatoms. The number of amides is 2. The Morgan fingerprint density at radius 2 is 1.81 bits per heavy atom. The molecule has 0 aliphatic heterocycles. The lowest BCUT2D eigenvalue weighted by molar-refractivity contribution is -0.384. The van der Waals surface area contributed by atoms with Crippen LogP contribution in [0.5, 0.6) is 0 Å². The Hall–Kier alpha value is -4.73. The third-order valence-corrected chi connectivity index (χ3v) is 4.19. The molecule has 0 unspecified atom stereocenters. The number of anilines is 1. The van der Waals surface area contributed by atoms with E-state index in [2.05, 4.69) is 15.4 Å². The molecular formula is C22H17N3O7. The molecule has 0 spiro atoms. The Morgan fingerprint density at radius 1 is 1.06 bits per heavy atom. The number of nitrogens with zero attached hydrogens (tertiary/aromatic N) is 1. The van der Waals surface area contributed by atoms with Gasteiger partial charge in [0.25, 0.3) is 17.5 Å². The summed E-state index contributed by atoms with van der Waals surface area (Å²) in [6, 6.07) is 14.4. The number of nitrogens with one attached hydrogen (secondary N) is 2. The zero-order valence-electron chi connectivity index (χ0n) is 16.7. The van der Waals surface area contributed by atoms with E-state index in [1.165, 1.54) is 68.0 Å². The molecule has 3 aromatic rings. The predicted octanol–water partition coefficient (Wildman–Crippen LogP) is 3.38. The van der Waals surface area contributed by atoms with Crippen LogP contribution in [0.3, 0.4) is 0 Å². The number of nitro groups is 1. The Balaban J connectivity index is 1.89. The second kappa shape index (κ2) is 9.85. The van der Waals surface area contributed by atoms with Gasteiger partial charge >= 0.3 is 5.97 Å². The number of carbonyl (C=O) groups excluding carboxylic acids is 3. The molecule has 10 nitrogen and oxygen atoms in total. The molecule has 1 aromatic heterocycles. The summed E-state index contributed by atoms with van der Waals surface area (Å²) in [7, 11) is 1.24. The standard InChI is InChI=1S/C22H17N3O7/c1-31-22(28)15-4-2-5-16(13-15)23-20(26)18(24-21(27)19-6-3-11-32-19)12-14-7-9-17(10-8-14)25(29)30/h2-13H,1H3,(H,23,26)(H,24,27)/b18-12+. The Morgan fingerprint density at radius 3 is 2.44 bits per heavy atom. The van der Waals surface area contributed by atoms with Crippen molar-refractivity contribution in [1.29, 1.82) is 0 Å². The first-order valence-corrected chi connectivity index (χ1v) is 9.18. The molecule has 0 fully saturated rings. The number of methoxy groups -OCH3 is 1. The summed E-state index contributed by atoms with van der Waals surface area (Å²) < 4.78 is 9.71. The highest BCUT2D eigenvalue weighted by Crippen LogP contribution is 2.16. The van der Waals surface area contributed by atoms with E-state index in [1.54, 1.807) is 12.1 Å². The van der Waals surface area contributed by atoms with Crippen molar-refractivity contribution in [2.45, 2.75) is 0 Å². The van der Waals surface area contributed by atoms with Gasteiger partial charge in [-0.25, -0.2) is 4.79 Å². The van der Waals surface area contributed by atoms with E-state index in [1.807, 2.05) is 0 Å². The smallest absolute Gasteiger partial charge is 0.337 e. The predicted molar refractivity (Wildman–Crippen MR) is 114 cm³/mol. The van der Waals surface area contributed by atoms with Gasteiger partial charge in [-0.2, -0.15) is 0 Å². The Kier molecular flexibility index (Phi) is 6.76. The van der Waals surface area contributed by atoms with E-state index in [-0.39, 0.29) is 22.7 Å². The molecule has 0 saturated heterocycles. The van der Waals surface area contributed by atoms with Crippen molar-refractivity contribution < 1.29 is 28.5 Å². The number of esters is 1. The van der Waals surface area contributed by atoms with Crippen LogP contribution in [-0.2, 0) is 9.53 Å². The van der Waals surface area contributed by atoms with Crippen molar-refractivity contribution in [2.24, 2.45) is 0 Å². The molecule has 32 heavy (non-hydrogen) atoms. The number of rotatable bonds is 7. The molecule has 0 saturated carbocycles. The quantitative estimate of drug-likeness (QED) is 0.251. The van der Waals surface area contributed by atoms with Gasteiger partial charge in [0.05, 0.1) is 23.9 Å². The van der Waals surface area contributed by atoms with Crippen molar-refractivity contribution in [2.75, 3.05) is 12.4 Å². The van der Waals surface area contributed by atoms with Gasteiger partial charge in [0.1, 0.15) is 5.70 Å². The monoisotopic (exact) mass is 435 g/mol. The Labute approximate surface area is 181 Å². The fourth-order valence-electron chi connectivity index (χ4n) is 2.65. The third-order valence-electron chi connectivity index (χ3n) is 4.19. The second-order valence-electron chi connectivity index (χ2n) is 6.36. The molecular weight excluding hydrogens is 418 g/mol. The average Bonchev–Trinajstić information content (AvgIpc) is 3.33. The van der Waals surface area contributed by atoms with Crippen LogP contribution in [0.15, 0.2) is 77.0 Å². The highest BCUT2D eigenvalue weighted by atomic mass is 16.6. The van der Waals surface area contributed by atoms with Crippen LogP contribution in [0.1, 0.15) is 26.5 Å². The van der Waals surface area contributed by atoms with Crippen molar-refractivity contribution >= 4 is 35.2 Å². The summed E-state index contributed by atoms with van der Waals surface area (Å²) in [5, 5.41) is 15.9. The number of hydrogen-bond acceptors (Lipinski definition) is 7. The largest absolute Gasteiger partial charge is 0.465 e. The highest BCUT2D eigenvalue weighted by molar-refractivity contribution is 6.10. The summed E-state index contributed by atoms with van der Waals surface area (Å²) in [5.74, 6) is -1.94. The van der Waals surface area contributed by atoms with E-state index in [0.29, 0.717) is 11.3 Å². The minimum Gasteiger partial charge on any atom is -0.465 e. The summed E-state index contributed by atoms with van der Waals surface area (Å²) in [6.07, 6.45) is 2.66. The van der Waals surface area contributed by atoms with Gasteiger partial charge in [0, 0.05) is 17.8 Å².